The molecule has 2 aliphatic heterocycles. The molecule has 4 rings (SSSR count). The van der Waals surface area contributed by atoms with E-state index in [4.69, 9.17) is 9.47 Å². The molecule has 4 heterocycles. The summed E-state index contributed by atoms with van der Waals surface area (Å²) in [6, 6.07) is 3.72. The largest absolute Gasteiger partial charge is 0.480 e. The first-order valence-electron chi connectivity index (χ1n) is 8.48. The van der Waals surface area contributed by atoms with Crippen LogP contribution in [0.5, 0.6) is 5.88 Å². The second-order valence-electron chi connectivity index (χ2n) is 6.23. The lowest BCUT2D eigenvalue weighted by Crippen LogP contribution is -2.37. The van der Waals surface area contributed by atoms with Gasteiger partial charge in [-0.3, -0.25) is 10.00 Å². The Bertz CT molecular complexity index is 743. The number of hydrogen-bond donors (Lipinski definition) is 1. The molecule has 2 aromatic heterocycles. The highest BCUT2D eigenvalue weighted by Gasteiger charge is 2.33. The van der Waals surface area contributed by atoms with Gasteiger partial charge in [0.05, 0.1) is 19.4 Å². The predicted molar refractivity (Wildman–Crippen MR) is 91.7 cm³/mol. The Balaban J connectivity index is 1.52. The fraction of sp³-hybridized carbons (Fsp3) is 0.471. The maximum Gasteiger partial charge on any atom is 0.325 e. The lowest BCUT2D eigenvalue weighted by atomic mass is 10.1. The van der Waals surface area contributed by atoms with Crippen LogP contribution in [0.15, 0.2) is 24.5 Å². The maximum atomic E-state index is 12.7. The number of urea groups is 1. The Hall–Kier alpha value is -2.61. The molecule has 1 unspecified atom stereocenters. The number of nitrogens with one attached hydrogen (secondary N) is 1. The average molecular weight is 343 g/mol. The number of rotatable bonds is 5. The number of aromatic amines is 1. The van der Waals surface area contributed by atoms with Crippen LogP contribution in [-0.4, -0.2) is 65.6 Å². The Morgan fingerprint density at radius 3 is 3.04 bits per heavy atom. The van der Waals surface area contributed by atoms with E-state index in [9.17, 15) is 4.79 Å². The minimum absolute atomic E-state index is 0.0267. The summed E-state index contributed by atoms with van der Waals surface area (Å²) in [7, 11) is 1.57. The molecule has 0 radical (unpaired) electrons. The van der Waals surface area contributed by atoms with Crippen molar-refractivity contribution in [3.63, 3.8) is 0 Å². The Morgan fingerprint density at radius 1 is 1.40 bits per heavy atom. The van der Waals surface area contributed by atoms with Crippen molar-refractivity contribution in [3.05, 3.63) is 24.5 Å². The van der Waals surface area contributed by atoms with Crippen molar-refractivity contribution >= 4 is 11.8 Å². The van der Waals surface area contributed by atoms with Gasteiger partial charge in [-0.1, -0.05) is 0 Å². The summed E-state index contributed by atoms with van der Waals surface area (Å²) in [5.41, 5.74) is 1.73. The molecule has 2 amide bonds. The molecule has 2 aliphatic rings. The molecular formula is C17H21N5O3. The number of nitrogens with zero attached hydrogens (tertiary/aromatic N) is 4. The molecule has 2 saturated heterocycles. The zero-order valence-electron chi connectivity index (χ0n) is 14.1. The van der Waals surface area contributed by atoms with Gasteiger partial charge < -0.3 is 14.4 Å². The van der Waals surface area contributed by atoms with Crippen LogP contribution in [0.25, 0.3) is 11.1 Å². The highest BCUT2D eigenvalue weighted by molar-refractivity contribution is 5.93. The first-order chi connectivity index (χ1) is 12.3. The standard InChI is InChI=1S/C17H21N5O3/c1-24-16-14(12-9-18-19-10-12)4-5-15(20-16)22-7-6-21(17(22)23)11-13-3-2-8-25-13/h4-5,9-10,13H,2-3,6-8,11H2,1H3,(H,18,19). The van der Waals surface area contributed by atoms with E-state index < -0.39 is 0 Å². The van der Waals surface area contributed by atoms with Crippen molar-refractivity contribution in [2.24, 2.45) is 0 Å². The van der Waals surface area contributed by atoms with Crippen molar-refractivity contribution in [1.29, 1.82) is 0 Å². The Kier molecular flexibility index (Phi) is 4.27. The number of H-pyrrole nitrogens is 1. The van der Waals surface area contributed by atoms with E-state index in [1.54, 1.807) is 24.4 Å². The molecule has 2 fully saturated rings. The zero-order valence-corrected chi connectivity index (χ0v) is 14.1. The van der Waals surface area contributed by atoms with Crippen LogP contribution in [-0.2, 0) is 4.74 Å². The van der Waals surface area contributed by atoms with Crippen LogP contribution in [0, 0.1) is 0 Å². The van der Waals surface area contributed by atoms with Crippen LogP contribution in [0.2, 0.25) is 0 Å². The van der Waals surface area contributed by atoms with Gasteiger partial charge in [-0.15, -0.1) is 0 Å². The molecule has 8 heteroatoms. The highest BCUT2D eigenvalue weighted by atomic mass is 16.5. The van der Waals surface area contributed by atoms with E-state index in [1.807, 2.05) is 17.0 Å². The lowest BCUT2D eigenvalue weighted by molar-refractivity contribution is 0.0874. The van der Waals surface area contributed by atoms with E-state index >= 15 is 0 Å². The van der Waals surface area contributed by atoms with Gasteiger partial charge in [-0.25, -0.2) is 4.79 Å². The van der Waals surface area contributed by atoms with Gasteiger partial charge in [0.25, 0.3) is 0 Å². The van der Waals surface area contributed by atoms with Gasteiger partial charge in [-0.2, -0.15) is 10.1 Å². The molecule has 0 saturated carbocycles. The monoisotopic (exact) mass is 343 g/mol. The SMILES string of the molecule is COc1nc(N2CCN(CC3CCCO3)C2=O)ccc1-c1cn[nH]c1. The fourth-order valence-corrected chi connectivity index (χ4v) is 3.35. The van der Waals surface area contributed by atoms with Gasteiger partial charge in [0.2, 0.25) is 5.88 Å². The Labute approximate surface area is 145 Å². The number of amides is 2. The van der Waals surface area contributed by atoms with Crippen LogP contribution in [0.4, 0.5) is 10.6 Å². The van der Waals surface area contributed by atoms with Crippen molar-refractivity contribution in [1.82, 2.24) is 20.1 Å². The molecule has 8 nitrogen and oxygen atoms in total. The zero-order chi connectivity index (χ0) is 17.2. The number of methoxy groups -OCH3 is 1. The smallest absolute Gasteiger partial charge is 0.325 e. The first-order valence-corrected chi connectivity index (χ1v) is 8.48. The lowest BCUT2D eigenvalue weighted by Gasteiger charge is -2.21. The average Bonchev–Trinajstić information content (AvgIpc) is 3.38. The van der Waals surface area contributed by atoms with Crippen LogP contribution in [0.3, 0.4) is 0 Å². The number of pyridine rings is 1. The number of carbonyl (C=O) groups excluding carboxylic acids is 1. The molecule has 132 valence electrons. The molecule has 0 bridgehead atoms. The topological polar surface area (TPSA) is 83.6 Å². The van der Waals surface area contributed by atoms with E-state index in [2.05, 4.69) is 15.2 Å². The third-order valence-corrected chi connectivity index (χ3v) is 4.67. The van der Waals surface area contributed by atoms with E-state index in [0.717, 1.165) is 30.6 Å². The minimum Gasteiger partial charge on any atom is -0.480 e. The van der Waals surface area contributed by atoms with Gasteiger partial charge in [-0.05, 0) is 25.0 Å². The van der Waals surface area contributed by atoms with Crippen LogP contribution < -0.4 is 9.64 Å². The molecule has 0 aliphatic carbocycles. The Morgan fingerprint density at radius 2 is 2.32 bits per heavy atom. The second-order valence-corrected chi connectivity index (χ2v) is 6.23. The number of hydrogen-bond acceptors (Lipinski definition) is 5. The van der Waals surface area contributed by atoms with Gasteiger partial charge in [0, 0.05) is 43.6 Å². The quantitative estimate of drug-likeness (QED) is 0.896. The predicted octanol–water partition coefficient (Wildman–Crippen LogP) is 1.90. The number of anilines is 1. The summed E-state index contributed by atoms with van der Waals surface area (Å²) in [5.74, 6) is 1.08. The summed E-state index contributed by atoms with van der Waals surface area (Å²) in [6.07, 6.45) is 5.75. The highest BCUT2D eigenvalue weighted by Crippen LogP contribution is 2.31. The molecule has 2 aromatic rings. The molecule has 0 spiro atoms. The van der Waals surface area contributed by atoms with Gasteiger partial charge in [0.15, 0.2) is 0 Å². The molecule has 1 atom stereocenters. The molecular weight excluding hydrogens is 322 g/mol. The summed E-state index contributed by atoms with van der Waals surface area (Å²) in [4.78, 5) is 20.8. The number of ether oxygens (including phenoxy) is 2. The van der Waals surface area contributed by atoms with Crippen LogP contribution in [0.1, 0.15) is 12.8 Å². The fourth-order valence-electron chi connectivity index (χ4n) is 3.35. The van der Waals surface area contributed by atoms with Crippen molar-refractivity contribution < 1.29 is 14.3 Å². The van der Waals surface area contributed by atoms with Crippen LogP contribution >= 0.6 is 0 Å². The summed E-state index contributed by atoms with van der Waals surface area (Å²) >= 11 is 0. The molecule has 25 heavy (non-hydrogen) atoms. The second kappa shape index (κ2) is 6.72. The van der Waals surface area contributed by atoms with Gasteiger partial charge in [0.1, 0.15) is 5.82 Å². The van der Waals surface area contributed by atoms with E-state index in [0.29, 0.717) is 31.3 Å². The third kappa shape index (κ3) is 3.05. The molecule has 1 N–H and O–H groups in total. The summed E-state index contributed by atoms with van der Waals surface area (Å²) < 4.78 is 11.1. The van der Waals surface area contributed by atoms with E-state index in [-0.39, 0.29) is 12.1 Å². The maximum absolute atomic E-state index is 12.7. The number of aromatic nitrogens is 3. The van der Waals surface area contributed by atoms with Crippen molar-refractivity contribution in [2.75, 3.05) is 38.3 Å². The molecule has 0 aromatic carbocycles. The minimum atomic E-state index is -0.0267. The normalized spacial score (nSPS) is 20.5. The van der Waals surface area contributed by atoms with E-state index in [1.165, 1.54) is 0 Å². The van der Waals surface area contributed by atoms with Gasteiger partial charge >= 0.3 is 6.03 Å². The summed E-state index contributed by atoms with van der Waals surface area (Å²) in [6.45, 7) is 2.75. The number of carbonyl (C=O) groups is 1. The van der Waals surface area contributed by atoms with Crippen molar-refractivity contribution in [3.8, 4) is 17.0 Å². The van der Waals surface area contributed by atoms with Crippen molar-refractivity contribution in [2.45, 2.75) is 18.9 Å². The summed E-state index contributed by atoms with van der Waals surface area (Å²) in [5, 5.41) is 6.73. The third-order valence-electron chi connectivity index (χ3n) is 4.67. The first kappa shape index (κ1) is 15.9.